The zero-order valence-electron chi connectivity index (χ0n) is 19.0. The van der Waals surface area contributed by atoms with Crippen LogP contribution in [0.1, 0.15) is 62.8 Å². The fraction of sp³-hybridized carbons (Fsp3) is 0.444. The van der Waals surface area contributed by atoms with Crippen LogP contribution in [0.3, 0.4) is 0 Å². The van der Waals surface area contributed by atoms with Gasteiger partial charge in [-0.25, -0.2) is 13.2 Å². The van der Waals surface area contributed by atoms with Gasteiger partial charge >= 0.3 is 0 Å². The Kier molecular flexibility index (Phi) is 6.15. The molecule has 0 unspecified atom stereocenters. The van der Waals surface area contributed by atoms with E-state index >= 15 is 0 Å². The molecule has 34 heavy (non-hydrogen) atoms. The van der Waals surface area contributed by atoms with E-state index in [4.69, 9.17) is 0 Å². The summed E-state index contributed by atoms with van der Waals surface area (Å²) < 4.78 is 42.0. The molecule has 3 aromatic rings. The molecule has 2 aliphatic rings. The summed E-state index contributed by atoms with van der Waals surface area (Å²) in [5.74, 6) is -1.47. The van der Waals surface area contributed by atoms with Crippen molar-refractivity contribution in [1.29, 1.82) is 0 Å². The minimum absolute atomic E-state index is 0.0689. The number of fused-ring (bicyclic) bond motifs is 1. The maximum Gasteiger partial charge on any atom is 0.222 e. The SMILES string of the molecule is O=C(CC1(O)CCCCC1)NCC1CC(c2c(-c3ccc(F)cc3)[nH]c3c(F)cc(F)cc23)C1. The minimum atomic E-state index is -0.882. The van der Waals surface area contributed by atoms with Gasteiger partial charge in [0.1, 0.15) is 17.5 Å². The van der Waals surface area contributed by atoms with E-state index in [0.29, 0.717) is 36.0 Å². The lowest BCUT2D eigenvalue weighted by atomic mass is 9.70. The van der Waals surface area contributed by atoms with E-state index in [9.17, 15) is 23.1 Å². The highest BCUT2D eigenvalue weighted by Crippen LogP contribution is 2.48. The van der Waals surface area contributed by atoms with Gasteiger partial charge in [0.2, 0.25) is 5.91 Å². The van der Waals surface area contributed by atoms with Gasteiger partial charge in [0, 0.05) is 18.0 Å². The Morgan fingerprint density at radius 1 is 1.03 bits per heavy atom. The molecule has 2 aliphatic carbocycles. The van der Waals surface area contributed by atoms with Crippen molar-refractivity contribution in [1.82, 2.24) is 10.3 Å². The van der Waals surface area contributed by atoms with Crippen LogP contribution in [0.2, 0.25) is 0 Å². The summed E-state index contributed by atoms with van der Waals surface area (Å²) in [5, 5.41) is 14.1. The van der Waals surface area contributed by atoms with E-state index < -0.39 is 17.2 Å². The van der Waals surface area contributed by atoms with Crippen LogP contribution in [-0.4, -0.2) is 28.1 Å². The Morgan fingerprint density at radius 3 is 2.44 bits per heavy atom. The number of hydrogen-bond acceptors (Lipinski definition) is 2. The van der Waals surface area contributed by atoms with Crippen LogP contribution in [0.4, 0.5) is 13.2 Å². The Morgan fingerprint density at radius 2 is 1.74 bits per heavy atom. The number of benzene rings is 2. The second kappa shape index (κ2) is 9.10. The molecule has 180 valence electrons. The Bertz CT molecular complexity index is 1190. The first-order valence-corrected chi connectivity index (χ1v) is 12.1. The summed E-state index contributed by atoms with van der Waals surface area (Å²) in [6.07, 6.45) is 6.03. The lowest BCUT2D eigenvalue weighted by Crippen LogP contribution is -2.41. The summed E-state index contributed by atoms with van der Waals surface area (Å²) in [5.41, 5.74) is 1.58. The normalized spacial score (nSPS) is 21.9. The molecule has 0 saturated heterocycles. The summed E-state index contributed by atoms with van der Waals surface area (Å²) in [7, 11) is 0. The molecule has 1 heterocycles. The van der Waals surface area contributed by atoms with Crippen LogP contribution in [0.25, 0.3) is 22.2 Å². The molecule has 0 aliphatic heterocycles. The third-order valence-electron chi connectivity index (χ3n) is 7.50. The molecule has 5 rings (SSSR count). The van der Waals surface area contributed by atoms with Crippen molar-refractivity contribution in [3.63, 3.8) is 0 Å². The number of aliphatic hydroxyl groups is 1. The van der Waals surface area contributed by atoms with Crippen molar-refractivity contribution in [2.24, 2.45) is 5.92 Å². The molecule has 0 atom stereocenters. The highest BCUT2D eigenvalue weighted by Gasteiger charge is 2.36. The van der Waals surface area contributed by atoms with Crippen LogP contribution in [-0.2, 0) is 4.79 Å². The predicted molar refractivity (Wildman–Crippen MR) is 125 cm³/mol. The van der Waals surface area contributed by atoms with Gasteiger partial charge in [-0.15, -0.1) is 0 Å². The molecule has 0 radical (unpaired) electrons. The van der Waals surface area contributed by atoms with E-state index in [1.54, 1.807) is 12.1 Å². The van der Waals surface area contributed by atoms with Crippen LogP contribution in [0.5, 0.6) is 0 Å². The molecule has 2 saturated carbocycles. The average Bonchev–Trinajstić information content (AvgIpc) is 3.13. The molecular formula is C27H29F3N2O2. The molecule has 1 aromatic heterocycles. The molecule has 3 N–H and O–H groups in total. The summed E-state index contributed by atoms with van der Waals surface area (Å²) in [4.78, 5) is 15.5. The average molecular weight is 471 g/mol. The molecule has 2 fully saturated rings. The number of halogens is 3. The highest BCUT2D eigenvalue weighted by atomic mass is 19.1. The highest BCUT2D eigenvalue weighted by molar-refractivity contribution is 5.92. The van der Waals surface area contributed by atoms with E-state index in [1.165, 1.54) is 18.2 Å². The van der Waals surface area contributed by atoms with Crippen molar-refractivity contribution in [2.45, 2.75) is 62.9 Å². The molecule has 2 aromatic carbocycles. The summed E-state index contributed by atoms with van der Waals surface area (Å²) in [6, 6.07) is 8.16. The summed E-state index contributed by atoms with van der Waals surface area (Å²) >= 11 is 0. The van der Waals surface area contributed by atoms with Gasteiger partial charge in [0.25, 0.3) is 0 Å². The maximum absolute atomic E-state index is 14.5. The third kappa shape index (κ3) is 4.58. The van der Waals surface area contributed by atoms with Crippen molar-refractivity contribution in [3.8, 4) is 11.3 Å². The molecular weight excluding hydrogens is 441 g/mol. The van der Waals surface area contributed by atoms with Gasteiger partial charge in [-0.2, -0.15) is 0 Å². The number of H-pyrrole nitrogens is 1. The number of nitrogens with one attached hydrogen (secondary N) is 2. The topological polar surface area (TPSA) is 65.1 Å². The number of rotatable bonds is 6. The Labute approximate surface area is 196 Å². The largest absolute Gasteiger partial charge is 0.389 e. The van der Waals surface area contributed by atoms with Crippen molar-refractivity contribution >= 4 is 16.8 Å². The van der Waals surface area contributed by atoms with E-state index in [2.05, 4.69) is 10.3 Å². The zero-order valence-corrected chi connectivity index (χ0v) is 19.0. The van der Waals surface area contributed by atoms with Crippen molar-refractivity contribution in [2.75, 3.05) is 6.54 Å². The lowest BCUT2D eigenvalue weighted by Gasteiger charge is -2.37. The number of hydrogen-bond donors (Lipinski definition) is 3. The maximum atomic E-state index is 14.5. The standard InChI is InChI=1S/C27H29F3N2O2/c28-19-6-4-17(5-7-19)25-24(21-12-20(29)13-22(30)26(21)32-25)18-10-16(11-18)15-31-23(33)14-27(34)8-2-1-3-9-27/h4-7,12-13,16,18,32,34H,1-3,8-11,14-15H2,(H,31,33). The fourth-order valence-electron chi connectivity index (χ4n) is 5.65. The minimum Gasteiger partial charge on any atom is -0.389 e. The number of aromatic nitrogens is 1. The van der Waals surface area contributed by atoms with Gasteiger partial charge in [0.05, 0.1) is 23.2 Å². The lowest BCUT2D eigenvalue weighted by molar-refractivity contribution is -0.127. The van der Waals surface area contributed by atoms with Crippen molar-refractivity contribution in [3.05, 3.63) is 59.4 Å². The number of amides is 1. The molecule has 7 heteroatoms. The second-order valence-electron chi connectivity index (χ2n) is 10.0. The molecule has 0 bridgehead atoms. The first-order valence-electron chi connectivity index (χ1n) is 12.1. The quantitative estimate of drug-likeness (QED) is 0.417. The second-order valence-corrected chi connectivity index (χ2v) is 10.0. The first-order chi connectivity index (χ1) is 16.3. The van der Waals surface area contributed by atoms with E-state index in [0.717, 1.165) is 43.7 Å². The van der Waals surface area contributed by atoms with Gasteiger partial charge < -0.3 is 15.4 Å². The van der Waals surface area contributed by atoms with E-state index in [1.807, 2.05) is 0 Å². The van der Waals surface area contributed by atoms with Gasteiger partial charge in [0.15, 0.2) is 0 Å². The molecule has 0 spiro atoms. The van der Waals surface area contributed by atoms with Gasteiger partial charge in [-0.1, -0.05) is 19.3 Å². The first kappa shape index (κ1) is 23.0. The van der Waals surface area contributed by atoms with Gasteiger partial charge in [-0.3, -0.25) is 4.79 Å². The number of carbonyl (C=O) groups is 1. The van der Waals surface area contributed by atoms with Crippen molar-refractivity contribution < 1.29 is 23.1 Å². The molecule has 1 amide bonds. The Hall–Kier alpha value is -2.80. The van der Waals surface area contributed by atoms with E-state index in [-0.39, 0.29) is 35.5 Å². The number of carbonyl (C=O) groups excluding carboxylic acids is 1. The smallest absolute Gasteiger partial charge is 0.222 e. The van der Waals surface area contributed by atoms with Gasteiger partial charge in [-0.05, 0) is 79.0 Å². The molecule has 4 nitrogen and oxygen atoms in total. The van der Waals surface area contributed by atoms with Crippen LogP contribution < -0.4 is 5.32 Å². The Balaban J connectivity index is 1.30. The third-order valence-corrected chi connectivity index (χ3v) is 7.50. The monoisotopic (exact) mass is 470 g/mol. The fourth-order valence-corrected chi connectivity index (χ4v) is 5.65. The summed E-state index contributed by atoms with van der Waals surface area (Å²) in [6.45, 7) is 0.516. The van der Waals surface area contributed by atoms with Crippen LogP contribution in [0, 0.1) is 23.4 Å². The zero-order chi connectivity index (χ0) is 23.9. The predicted octanol–water partition coefficient (Wildman–Crippen LogP) is 5.95. The number of aromatic amines is 1. The van der Waals surface area contributed by atoms with Crippen LogP contribution in [0.15, 0.2) is 36.4 Å². The van der Waals surface area contributed by atoms with Crippen LogP contribution >= 0.6 is 0 Å².